The Morgan fingerprint density at radius 1 is 1.28 bits per heavy atom. The molecule has 0 bridgehead atoms. The summed E-state index contributed by atoms with van der Waals surface area (Å²) < 4.78 is 85.4. The number of halogens is 6. The van der Waals surface area contributed by atoms with Crippen molar-refractivity contribution in [2.24, 2.45) is 5.92 Å². The maximum atomic E-state index is 13.8. The molecule has 2 fully saturated rings. The van der Waals surface area contributed by atoms with E-state index in [0.717, 1.165) is 6.07 Å². The topological polar surface area (TPSA) is 71.2 Å². The molecule has 1 spiro atoms. The number of alkyl halides is 5. The lowest BCUT2D eigenvalue weighted by molar-refractivity contribution is -0.284. The molecule has 0 unspecified atom stereocenters. The zero-order chi connectivity index (χ0) is 23.3. The number of benzene rings is 1. The van der Waals surface area contributed by atoms with Crippen molar-refractivity contribution in [1.29, 1.82) is 5.26 Å². The highest BCUT2D eigenvalue weighted by molar-refractivity contribution is 5.77. The van der Waals surface area contributed by atoms with Crippen LogP contribution in [0.2, 0.25) is 0 Å². The van der Waals surface area contributed by atoms with Crippen molar-refractivity contribution in [2.45, 2.75) is 49.9 Å². The second-order valence-electron chi connectivity index (χ2n) is 8.40. The molecule has 0 radical (unpaired) electrons. The first-order valence-corrected chi connectivity index (χ1v) is 9.90. The molecular weight excluding hydrogens is 442 g/mol. The number of nitriles is 1. The van der Waals surface area contributed by atoms with Crippen LogP contribution in [0, 0.1) is 23.1 Å². The van der Waals surface area contributed by atoms with Crippen molar-refractivity contribution in [3.63, 3.8) is 0 Å². The van der Waals surface area contributed by atoms with Gasteiger partial charge in [0.15, 0.2) is 0 Å². The first kappa shape index (κ1) is 22.2. The van der Waals surface area contributed by atoms with Crippen LogP contribution in [0.4, 0.5) is 31.1 Å². The van der Waals surface area contributed by atoms with Gasteiger partial charge in [-0.05, 0) is 37.7 Å². The Balaban J connectivity index is 1.49. The summed E-state index contributed by atoms with van der Waals surface area (Å²) in [6, 6.07) is 4.30. The molecule has 1 aliphatic heterocycles. The molecule has 2 atom stereocenters. The minimum atomic E-state index is -5.76. The number of hydrogen-bond acceptors (Lipinski definition) is 4. The summed E-state index contributed by atoms with van der Waals surface area (Å²) in [6.07, 6.45) is -3.52. The number of aromatic nitrogens is 2. The Morgan fingerprint density at radius 2 is 2.03 bits per heavy atom. The van der Waals surface area contributed by atoms with Crippen LogP contribution in [0.3, 0.4) is 0 Å². The van der Waals surface area contributed by atoms with E-state index >= 15 is 0 Å². The van der Waals surface area contributed by atoms with Crippen LogP contribution in [0.15, 0.2) is 18.5 Å². The van der Waals surface area contributed by atoms with Crippen molar-refractivity contribution in [1.82, 2.24) is 14.5 Å². The summed E-state index contributed by atoms with van der Waals surface area (Å²) in [5, 5.41) is 9.05. The molecular formula is C20H18F6N4O2. The van der Waals surface area contributed by atoms with Gasteiger partial charge < -0.3 is 9.30 Å². The zero-order valence-corrected chi connectivity index (χ0v) is 16.6. The number of imidazole rings is 1. The van der Waals surface area contributed by atoms with Gasteiger partial charge in [0.05, 0.1) is 36.0 Å². The summed E-state index contributed by atoms with van der Waals surface area (Å²) in [5.41, 5.74) is -0.371. The standard InChI is InChI=1S/C20H18F6N4O2/c21-14-5-15-16(4-13(14)7-27)29(11-28-15)8-12-2-1-3-18(6-12)9-30(17(31)32-18)10-19(22,23)20(24,25)26/h4-5,11-12H,1-3,6,8-10H2/t12-,18-/m0/s1. The largest absolute Gasteiger partial charge is 0.455 e. The van der Waals surface area contributed by atoms with E-state index in [-0.39, 0.29) is 24.4 Å². The maximum absolute atomic E-state index is 13.8. The molecule has 172 valence electrons. The molecule has 1 saturated heterocycles. The Bertz CT molecular complexity index is 1090. The second kappa shape index (κ2) is 7.56. The predicted octanol–water partition coefficient (Wildman–Crippen LogP) is 4.63. The molecule has 32 heavy (non-hydrogen) atoms. The summed E-state index contributed by atoms with van der Waals surface area (Å²) in [6.45, 7) is -1.75. The molecule has 1 aromatic carbocycles. The molecule has 1 saturated carbocycles. The zero-order valence-electron chi connectivity index (χ0n) is 16.6. The molecule has 12 heteroatoms. The summed E-state index contributed by atoms with van der Waals surface area (Å²) >= 11 is 0. The van der Waals surface area contributed by atoms with Crippen LogP contribution in [0.5, 0.6) is 0 Å². The van der Waals surface area contributed by atoms with E-state index in [9.17, 15) is 31.1 Å². The molecule has 2 aliphatic rings. The predicted molar refractivity (Wildman–Crippen MR) is 98.2 cm³/mol. The Labute approximate surface area is 178 Å². The smallest absolute Gasteiger partial charge is 0.441 e. The minimum Gasteiger partial charge on any atom is -0.441 e. The first-order valence-electron chi connectivity index (χ1n) is 9.90. The summed E-state index contributed by atoms with van der Waals surface area (Å²) in [4.78, 5) is 16.6. The van der Waals surface area contributed by atoms with Crippen LogP contribution < -0.4 is 0 Å². The van der Waals surface area contributed by atoms with E-state index in [2.05, 4.69) is 4.98 Å². The lowest BCUT2D eigenvalue weighted by atomic mass is 9.78. The number of amides is 1. The number of carbonyl (C=O) groups is 1. The monoisotopic (exact) mass is 460 g/mol. The molecule has 1 aromatic heterocycles. The average Bonchev–Trinajstić information content (AvgIpc) is 3.20. The van der Waals surface area contributed by atoms with E-state index < -0.39 is 36.2 Å². The highest BCUT2D eigenvalue weighted by atomic mass is 19.4. The fourth-order valence-corrected chi connectivity index (χ4v) is 4.57. The molecule has 2 heterocycles. The molecule has 6 nitrogen and oxygen atoms in total. The third-order valence-corrected chi connectivity index (χ3v) is 6.04. The third kappa shape index (κ3) is 3.96. The third-order valence-electron chi connectivity index (χ3n) is 6.04. The fourth-order valence-electron chi connectivity index (χ4n) is 4.57. The molecule has 1 aliphatic carbocycles. The van der Waals surface area contributed by atoms with Gasteiger partial charge in [0, 0.05) is 12.6 Å². The average molecular weight is 460 g/mol. The second-order valence-corrected chi connectivity index (χ2v) is 8.40. The van der Waals surface area contributed by atoms with Crippen LogP contribution in [-0.2, 0) is 11.3 Å². The molecule has 1 amide bonds. The van der Waals surface area contributed by atoms with E-state index in [1.54, 1.807) is 10.6 Å². The fraction of sp³-hybridized carbons (Fsp3) is 0.550. The lowest BCUT2D eigenvalue weighted by Gasteiger charge is -2.36. The minimum absolute atomic E-state index is 0.0902. The van der Waals surface area contributed by atoms with Gasteiger partial charge >= 0.3 is 18.2 Å². The van der Waals surface area contributed by atoms with Crippen molar-refractivity contribution in [3.8, 4) is 6.07 Å². The van der Waals surface area contributed by atoms with Crippen LogP contribution in [0.25, 0.3) is 11.0 Å². The van der Waals surface area contributed by atoms with Gasteiger partial charge in [-0.15, -0.1) is 0 Å². The van der Waals surface area contributed by atoms with Gasteiger partial charge in [-0.2, -0.15) is 27.2 Å². The Morgan fingerprint density at radius 3 is 2.72 bits per heavy atom. The van der Waals surface area contributed by atoms with Gasteiger partial charge in [0.1, 0.15) is 17.5 Å². The quantitative estimate of drug-likeness (QED) is 0.624. The van der Waals surface area contributed by atoms with Crippen molar-refractivity contribution in [2.75, 3.05) is 13.1 Å². The highest BCUT2D eigenvalue weighted by Gasteiger charge is 2.60. The maximum Gasteiger partial charge on any atom is 0.455 e. The van der Waals surface area contributed by atoms with Crippen molar-refractivity contribution in [3.05, 3.63) is 29.8 Å². The number of fused-ring (bicyclic) bond motifs is 1. The number of nitrogens with zero attached hydrogens (tertiary/aromatic N) is 4. The number of hydrogen-bond donors (Lipinski definition) is 0. The van der Waals surface area contributed by atoms with E-state index in [0.29, 0.717) is 41.7 Å². The van der Waals surface area contributed by atoms with Crippen LogP contribution in [0.1, 0.15) is 31.2 Å². The molecule has 2 aromatic rings. The highest BCUT2D eigenvalue weighted by Crippen LogP contribution is 2.43. The lowest BCUT2D eigenvalue weighted by Crippen LogP contribution is -2.48. The van der Waals surface area contributed by atoms with Gasteiger partial charge in [0.25, 0.3) is 0 Å². The van der Waals surface area contributed by atoms with Gasteiger partial charge in [-0.3, -0.25) is 4.90 Å². The Kier molecular flexibility index (Phi) is 5.26. The van der Waals surface area contributed by atoms with E-state index in [4.69, 9.17) is 10.00 Å². The van der Waals surface area contributed by atoms with Gasteiger partial charge in [0.2, 0.25) is 0 Å². The van der Waals surface area contributed by atoms with E-state index in [1.807, 2.05) is 0 Å². The molecule has 0 N–H and O–H groups in total. The molecule has 4 rings (SSSR count). The van der Waals surface area contributed by atoms with Gasteiger partial charge in [-0.25, -0.2) is 14.2 Å². The van der Waals surface area contributed by atoms with Gasteiger partial charge in [-0.1, -0.05) is 0 Å². The first-order chi connectivity index (χ1) is 14.9. The number of carbonyl (C=O) groups excluding carboxylic acids is 1. The SMILES string of the molecule is N#Cc1cc2c(cc1F)ncn2C[C@H]1CCC[C@]2(C1)CN(CC(F)(F)C(F)(F)F)C(=O)O2. The summed E-state index contributed by atoms with van der Waals surface area (Å²) in [7, 11) is 0. The number of ether oxygens (including phenoxy) is 1. The van der Waals surface area contributed by atoms with Crippen LogP contribution in [-0.4, -0.2) is 51.3 Å². The Hall–Kier alpha value is -2.97. The van der Waals surface area contributed by atoms with E-state index in [1.165, 1.54) is 12.4 Å². The van der Waals surface area contributed by atoms with Crippen molar-refractivity contribution >= 4 is 17.1 Å². The van der Waals surface area contributed by atoms with Crippen LogP contribution >= 0.6 is 0 Å². The summed E-state index contributed by atoms with van der Waals surface area (Å²) in [5.74, 6) is -5.81. The normalized spacial score (nSPS) is 24.2. The van der Waals surface area contributed by atoms with Crippen molar-refractivity contribution < 1.29 is 35.9 Å². The number of rotatable bonds is 4.